The van der Waals surface area contributed by atoms with Crippen LogP contribution in [0.15, 0.2) is 60.7 Å². The first-order valence-corrected chi connectivity index (χ1v) is 11.3. The summed E-state index contributed by atoms with van der Waals surface area (Å²) in [6.45, 7) is 3.39. The lowest BCUT2D eigenvalue weighted by Crippen LogP contribution is -2.17. The van der Waals surface area contributed by atoms with Crippen LogP contribution in [0.1, 0.15) is 45.1 Å². The fraction of sp³-hybridized carbons (Fsp3) is 0.462. The summed E-state index contributed by atoms with van der Waals surface area (Å²) in [5.41, 5.74) is -0.823. The number of aliphatic hydroxyl groups excluding tert-OH is 1. The second-order valence-electron chi connectivity index (χ2n) is 8.37. The molecular weight excluding hydrogens is 449 g/mol. The average molecular weight is 481 g/mol. The number of ketones is 1. The summed E-state index contributed by atoms with van der Waals surface area (Å²) < 4.78 is 48.7. The lowest BCUT2D eigenvalue weighted by molar-refractivity contribution is -0.147. The summed E-state index contributed by atoms with van der Waals surface area (Å²) in [6, 6.07) is 4.46. The number of unbranched alkanes of at least 4 members (excludes halogenated alkanes) is 1. The number of halogens is 3. The monoisotopic (exact) mass is 480 g/mol. The maximum absolute atomic E-state index is 12.8. The van der Waals surface area contributed by atoms with Crippen molar-refractivity contribution in [1.82, 2.24) is 0 Å². The van der Waals surface area contributed by atoms with Crippen LogP contribution >= 0.6 is 0 Å². The quantitative estimate of drug-likeness (QED) is 0.245. The highest BCUT2D eigenvalue weighted by molar-refractivity contribution is 5.95. The molecule has 0 saturated heterocycles. The third-order valence-electron chi connectivity index (χ3n) is 5.13. The molecule has 1 N–H and O–H groups in total. The zero-order chi connectivity index (χ0) is 25.1. The van der Waals surface area contributed by atoms with Crippen LogP contribution in [0.5, 0.6) is 5.75 Å². The van der Waals surface area contributed by atoms with Crippen LogP contribution in [-0.4, -0.2) is 35.7 Å². The van der Waals surface area contributed by atoms with Gasteiger partial charge in [0.25, 0.3) is 0 Å². The predicted octanol–water partition coefficient (Wildman–Crippen LogP) is 5.44. The number of hydrogen-bond donors (Lipinski definition) is 1. The first kappa shape index (κ1) is 27.4. The van der Waals surface area contributed by atoms with Gasteiger partial charge in [-0.15, -0.1) is 0 Å². The fourth-order valence-corrected chi connectivity index (χ4v) is 3.43. The third kappa shape index (κ3) is 9.55. The molecule has 0 heterocycles. The Morgan fingerprint density at radius 3 is 2.71 bits per heavy atom. The third-order valence-corrected chi connectivity index (χ3v) is 5.13. The first-order valence-electron chi connectivity index (χ1n) is 11.3. The van der Waals surface area contributed by atoms with Crippen molar-refractivity contribution in [2.24, 2.45) is 11.8 Å². The Balaban J connectivity index is 1.78. The van der Waals surface area contributed by atoms with Gasteiger partial charge in [-0.2, -0.15) is 13.2 Å². The molecule has 0 amide bonds. The minimum Gasteiger partial charge on any atom is -0.491 e. The molecule has 1 aliphatic carbocycles. The maximum atomic E-state index is 12.8. The highest BCUT2D eigenvalue weighted by Gasteiger charge is 2.30. The maximum Gasteiger partial charge on any atom is 0.416 e. The molecule has 0 saturated carbocycles. The Kier molecular flexibility index (Phi) is 10.6. The van der Waals surface area contributed by atoms with Gasteiger partial charge in [-0.1, -0.05) is 36.4 Å². The summed E-state index contributed by atoms with van der Waals surface area (Å²) in [5, 5.41) is 10.1. The lowest BCUT2D eigenvalue weighted by Gasteiger charge is -2.14. The zero-order valence-electron chi connectivity index (χ0n) is 19.3. The molecule has 2 rings (SSSR count). The van der Waals surface area contributed by atoms with E-state index in [1.807, 2.05) is 12.2 Å². The summed E-state index contributed by atoms with van der Waals surface area (Å²) in [5.74, 6) is -0.691. The Morgan fingerprint density at radius 2 is 2.00 bits per heavy atom. The summed E-state index contributed by atoms with van der Waals surface area (Å²) in [6.07, 6.45) is 6.92. The summed E-state index contributed by atoms with van der Waals surface area (Å²) in [4.78, 5) is 23.7. The number of allylic oxidation sites excluding steroid dienone is 5. The Bertz CT molecular complexity index is 902. The van der Waals surface area contributed by atoms with Crippen LogP contribution in [0, 0.1) is 11.8 Å². The molecule has 0 fully saturated rings. The molecule has 1 aromatic carbocycles. The van der Waals surface area contributed by atoms with Crippen molar-refractivity contribution in [2.75, 3.05) is 6.61 Å². The van der Waals surface area contributed by atoms with E-state index in [9.17, 15) is 27.9 Å². The van der Waals surface area contributed by atoms with E-state index in [0.717, 1.165) is 12.1 Å². The topological polar surface area (TPSA) is 72.8 Å². The molecule has 1 unspecified atom stereocenters. The van der Waals surface area contributed by atoms with E-state index in [0.29, 0.717) is 25.7 Å². The Morgan fingerprint density at radius 1 is 1.24 bits per heavy atom. The Labute approximate surface area is 197 Å². The van der Waals surface area contributed by atoms with E-state index in [2.05, 4.69) is 0 Å². The van der Waals surface area contributed by atoms with E-state index in [-0.39, 0.29) is 42.0 Å². The molecular formula is C26H31F3O5. The van der Waals surface area contributed by atoms with E-state index in [4.69, 9.17) is 9.47 Å². The SMILES string of the molecule is CC(C)OC(=O)CCCC=CC[C@H]1C(=O)C=C[C@@H]1C=CC(O)COc1cccc(C(F)(F)F)c1. The predicted molar refractivity (Wildman–Crippen MR) is 122 cm³/mol. The molecule has 8 heteroatoms. The molecule has 0 aromatic heterocycles. The van der Waals surface area contributed by atoms with Gasteiger partial charge in [0.05, 0.1) is 11.7 Å². The van der Waals surface area contributed by atoms with Gasteiger partial charge in [-0.3, -0.25) is 9.59 Å². The summed E-state index contributed by atoms with van der Waals surface area (Å²) >= 11 is 0. The van der Waals surface area contributed by atoms with Crippen molar-refractivity contribution >= 4 is 11.8 Å². The van der Waals surface area contributed by atoms with Gasteiger partial charge >= 0.3 is 12.1 Å². The van der Waals surface area contributed by atoms with E-state index in [1.54, 1.807) is 26.0 Å². The van der Waals surface area contributed by atoms with Crippen molar-refractivity contribution in [1.29, 1.82) is 0 Å². The van der Waals surface area contributed by atoms with Crippen LogP contribution in [0.25, 0.3) is 0 Å². The second-order valence-corrected chi connectivity index (χ2v) is 8.37. The van der Waals surface area contributed by atoms with Crippen LogP contribution in [0.2, 0.25) is 0 Å². The van der Waals surface area contributed by atoms with Gasteiger partial charge in [-0.05, 0) is 57.4 Å². The number of benzene rings is 1. The van der Waals surface area contributed by atoms with Gasteiger partial charge in [0.1, 0.15) is 18.5 Å². The number of carbonyl (C=O) groups excluding carboxylic acids is 2. The zero-order valence-corrected chi connectivity index (χ0v) is 19.3. The van der Waals surface area contributed by atoms with Gasteiger partial charge < -0.3 is 14.6 Å². The first-order chi connectivity index (χ1) is 16.1. The standard InChI is InChI=1S/C26H31F3O5/c1-18(2)34-25(32)11-6-4-3-5-10-23-19(13-15-24(23)31)12-14-21(30)17-33-22-9-7-8-20(16-22)26(27,28)29/h3,5,7-9,12-16,18-19,21,23,30H,4,6,10-11,17H2,1-2H3/t19-,21?,23+/m0/s1. The number of rotatable bonds is 12. The van der Waals surface area contributed by atoms with Crippen LogP contribution in [0.4, 0.5) is 13.2 Å². The van der Waals surface area contributed by atoms with Crippen molar-refractivity contribution in [2.45, 2.75) is 57.9 Å². The van der Waals surface area contributed by atoms with Gasteiger partial charge in [-0.25, -0.2) is 0 Å². The van der Waals surface area contributed by atoms with E-state index >= 15 is 0 Å². The molecule has 34 heavy (non-hydrogen) atoms. The lowest BCUT2D eigenvalue weighted by atomic mass is 9.90. The van der Waals surface area contributed by atoms with Crippen LogP contribution in [-0.2, 0) is 20.5 Å². The van der Waals surface area contributed by atoms with E-state index < -0.39 is 17.8 Å². The van der Waals surface area contributed by atoms with Gasteiger partial charge in [0.15, 0.2) is 5.78 Å². The largest absolute Gasteiger partial charge is 0.491 e. The van der Waals surface area contributed by atoms with Gasteiger partial charge in [0.2, 0.25) is 0 Å². The molecule has 0 aliphatic heterocycles. The van der Waals surface area contributed by atoms with Crippen molar-refractivity contribution in [3.05, 3.63) is 66.3 Å². The van der Waals surface area contributed by atoms with Crippen LogP contribution < -0.4 is 4.74 Å². The van der Waals surface area contributed by atoms with Crippen molar-refractivity contribution < 1.29 is 37.3 Å². The molecule has 3 atom stereocenters. The number of aliphatic hydroxyl groups is 1. The molecule has 0 radical (unpaired) electrons. The number of ether oxygens (including phenoxy) is 2. The normalized spacial score (nSPS) is 19.4. The van der Waals surface area contributed by atoms with E-state index in [1.165, 1.54) is 24.3 Å². The minimum absolute atomic E-state index is 0.00508. The molecule has 5 nitrogen and oxygen atoms in total. The van der Waals surface area contributed by atoms with Gasteiger partial charge in [0, 0.05) is 18.3 Å². The number of hydrogen-bond acceptors (Lipinski definition) is 5. The highest BCUT2D eigenvalue weighted by atomic mass is 19.4. The van der Waals surface area contributed by atoms with Crippen molar-refractivity contribution in [3.63, 3.8) is 0 Å². The molecule has 0 spiro atoms. The molecule has 0 bridgehead atoms. The number of esters is 1. The fourth-order valence-electron chi connectivity index (χ4n) is 3.43. The molecule has 186 valence electrons. The molecule has 1 aromatic rings. The highest BCUT2D eigenvalue weighted by Crippen LogP contribution is 2.31. The summed E-state index contributed by atoms with van der Waals surface area (Å²) in [7, 11) is 0. The second kappa shape index (κ2) is 13.1. The van der Waals surface area contributed by atoms with Crippen LogP contribution in [0.3, 0.4) is 0 Å². The number of alkyl halides is 3. The molecule has 1 aliphatic rings. The Hall–Kier alpha value is -2.87. The number of carbonyl (C=O) groups is 2. The minimum atomic E-state index is -4.47. The average Bonchev–Trinajstić information content (AvgIpc) is 3.11. The van der Waals surface area contributed by atoms with Crippen molar-refractivity contribution in [3.8, 4) is 5.75 Å². The smallest absolute Gasteiger partial charge is 0.416 e.